The molecule has 0 saturated heterocycles. The summed E-state index contributed by atoms with van der Waals surface area (Å²) in [5, 5.41) is 8.89. The Hall–Kier alpha value is -3.19. The van der Waals surface area contributed by atoms with Crippen molar-refractivity contribution in [3.63, 3.8) is 0 Å². The molecule has 0 aliphatic heterocycles. The summed E-state index contributed by atoms with van der Waals surface area (Å²) in [5.74, 6) is 1.57. The lowest BCUT2D eigenvalue weighted by Crippen LogP contribution is -1.97. The molecular weight excluding hydrogens is 346 g/mol. The van der Waals surface area contributed by atoms with Gasteiger partial charge in [0.15, 0.2) is 5.82 Å². The highest BCUT2D eigenvalue weighted by molar-refractivity contribution is 5.64. The minimum atomic E-state index is 0.643. The molecule has 0 spiro atoms. The van der Waals surface area contributed by atoms with Crippen LogP contribution in [0.25, 0.3) is 22.5 Å². The van der Waals surface area contributed by atoms with Crippen LogP contribution in [0.3, 0.4) is 0 Å². The SMILES string of the molecule is CCCCCCCOc1ccc(-c2ncc(-c3ccc(C#N)cc3)cn2)cc1. The summed E-state index contributed by atoms with van der Waals surface area (Å²) in [6.07, 6.45) is 9.80. The Kier molecular flexibility index (Phi) is 7.14. The zero-order valence-electron chi connectivity index (χ0n) is 16.3. The van der Waals surface area contributed by atoms with E-state index in [0.717, 1.165) is 35.5 Å². The second-order valence-corrected chi connectivity index (χ2v) is 6.77. The predicted octanol–water partition coefficient (Wildman–Crippen LogP) is 6.03. The minimum absolute atomic E-state index is 0.643. The van der Waals surface area contributed by atoms with E-state index in [1.165, 1.54) is 25.7 Å². The Labute approximate surface area is 166 Å². The average molecular weight is 371 g/mol. The van der Waals surface area contributed by atoms with Crippen molar-refractivity contribution < 1.29 is 4.74 Å². The maximum Gasteiger partial charge on any atom is 0.159 e. The molecule has 0 radical (unpaired) electrons. The van der Waals surface area contributed by atoms with Crippen molar-refractivity contribution in [3.05, 3.63) is 66.5 Å². The van der Waals surface area contributed by atoms with E-state index in [1.54, 1.807) is 12.1 Å². The van der Waals surface area contributed by atoms with Gasteiger partial charge in [-0.25, -0.2) is 9.97 Å². The molecule has 1 aromatic heterocycles. The van der Waals surface area contributed by atoms with Gasteiger partial charge in [0.1, 0.15) is 5.75 Å². The number of ether oxygens (including phenoxy) is 1. The van der Waals surface area contributed by atoms with Gasteiger partial charge in [0, 0.05) is 23.5 Å². The molecule has 4 heteroatoms. The molecule has 0 unspecified atom stereocenters. The first kappa shape index (κ1) is 19.6. The van der Waals surface area contributed by atoms with Crippen molar-refractivity contribution in [3.8, 4) is 34.3 Å². The second kappa shape index (κ2) is 10.2. The summed E-state index contributed by atoms with van der Waals surface area (Å²) < 4.78 is 5.81. The Balaban J connectivity index is 1.57. The van der Waals surface area contributed by atoms with Crippen LogP contribution < -0.4 is 4.74 Å². The largest absolute Gasteiger partial charge is 0.494 e. The molecule has 0 aliphatic rings. The Morgan fingerprint density at radius 1 is 0.786 bits per heavy atom. The lowest BCUT2D eigenvalue weighted by molar-refractivity contribution is 0.304. The van der Waals surface area contributed by atoms with Crippen LogP contribution in [0.4, 0.5) is 0 Å². The van der Waals surface area contributed by atoms with E-state index in [-0.39, 0.29) is 0 Å². The molecule has 1 heterocycles. The molecule has 3 aromatic rings. The van der Waals surface area contributed by atoms with Crippen molar-refractivity contribution in [2.75, 3.05) is 6.61 Å². The topological polar surface area (TPSA) is 58.8 Å². The minimum Gasteiger partial charge on any atom is -0.494 e. The van der Waals surface area contributed by atoms with Gasteiger partial charge >= 0.3 is 0 Å². The molecule has 4 nitrogen and oxygen atoms in total. The molecule has 0 N–H and O–H groups in total. The summed E-state index contributed by atoms with van der Waals surface area (Å²) in [6, 6.07) is 17.5. The van der Waals surface area contributed by atoms with Crippen LogP contribution in [0.2, 0.25) is 0 Å². The summed E-state index contributed by atoms with van der Waals surface area (Å²) in [6.45, 7) is 2.99. The fourth-order valence-electron chi connectivity index (χ4n) is 2.96. The molecule has 2 aromatic carbocycles. The lowest BCUT2D eigenvalue weighted by atomic mass is 10.1. The van der Waals surface area contributed by atoms with Crippen molar-refractivity contribution >= 4 is 0 Å². The zero-order valence-corrected chi connectivity index (χ0v) is 16.3. The van der Waals surface area contributed by atoms with Crippen molar-refractivity contribution in [1.29, 1.82) is 5.26 Å². The molecule has 142 valence electrons. The maximum absolute atomic E-state index is 8.89. The lowest BCUT2D eigenvalue weighted by Gasteiger charge is -2.07. The van der Waals surface area contributed by atoms with Crippen LogP contribution in [0.1, 0.15) is 44.6 Å². The van der Waals surface area contributed by atoms with Gasteiger partial charge in [-0.1, -0.05) is 44.7 Å². The smallest absolute Gasteiger partial charge is 0.159 e. The molecule has 3 rings (SSSR count). The number of nitriles is 1. The van der Waals surface area contributed by atoms with Crippen molar-refractivity contribution in [2.45, 2.75) is 39.0 Å². The van der Waals surface area contributed by atoms with E-state index in [9.17, 15) is 0 Å². The predicted molar refractivity (Wildman–Crippen MR) is 112 cm³/mol. The number of aromatic nitrogens is 2. The van der Waals surface area contributed by atoms with E-state index in [4.69, 9.17) is 10.00 Å². The third-order valence-electron chi connectivity index (χ3n) is 4.63. The second-order valence-electron chi connectivity index (χ2n) is 6.77. The summed E-state index contributed by atoms with van der Waals surface area (Å²) in [7, 11) is 0. The van der Waals surface area contributed by atoms with Gasteiger partial charge < -0.3 is 4.74 Å². The van der Waals surface area contributed by atoms with E-state index in [2.05, 4.69) is 23.0 Å². The van der Waals surface area contributed by atoms with Crippen LogP contribution >= 0.6 is 0 Å². The number of benzene rings is 2. The van der Waals surface area contributed by atoms with Crippen molar-refractivity contribution in [2.24, 2.45) is 0 Å². The number of nitrogens with zero attached hydrogens (tertiary/aromatic N) is 3. The molecule has 0 atom stereocenters. The van der Waals surface area contributed by atoms with Crippen LogP contribution in [0, 0.1) is 11.3 Å². The van der Waals surface area contributed by atoms with Gasteiger partial charge in [0.2, 0.25) is 0 Å². The van der Waals surface area contributed by atoms with Crippen LogP contribution in [-0.2, 0) is 0 Å². The quantitative estimate of drug-likeness (QED) is 0.431. The summed E-state index contributed by atoms with van der Waals surface area (Å²) in [5.41, 5.74) is 3.52. The number of rotatable bonds is 9. The summed E-state index contributed by atoms with van der Waals surface area (Å²) >= 11 is 0. The van der Waals surface area contributed by atoms with E-state index in [0.29, 0.717) is 11.4 Å². The fraction of sp³-hybridized carbons (Fsp3) is 0.292. The monoisotopic (exact) mass is 371 g/mol. The first-order chi connectivity index (χ1) is 13.8. The van der Waals surface area contributed by atoms with E-state index < -0.39 is 0 Å². The molecule has 28 heavy (non-hydrogen) atoms. The Morgan fingerprint density at radius 2 is 1.43 bits per heavy atom. The van der Waals surface area contributed by atoms with Gasteiger partial charge in [-0.05, 0) is 48.4 Å². The molecule has 0 bridgehead atoms. The highest BCUT2D eigenvalue weighted by Crippen LogP contribution is 2.22. The molecule has 0 fully saturated rings. The fourth-order valence-corrected chi connectivity index (χ4v) is 2.96. The number of hydrogen-bond donors (Lipinski definition) is 0. The molecular formula is C24H25N3O. The third-order valence-corrected chi connectivity index (χ3v) is 4.63. The van der Waals surface area contributed by atoms with Gasteiger partial charge in [0.25, 0.3) is 0 Å². The first-order valence-electron chi connectivity index (χ1n) is 9.86. The maximum atomic E-state index is 8.89. The number of unbranched alkanes of at least 4 members (excludes halogenated alkanes) is 4. The van der Waals surface area contributed by atoms with Gasteiger partial charge in [-0.3, -0.25) is 0 Å². The standard InChI is InChI=1S/C24H25N3O/c1-2-3-4-5-6-15-28-23-13-11-21(12-14-23)24-26-17-22(18-27-24)20-9-7-19(16-25)8-10-20/h7-14,17-18H,2-6,15H2,1H3. The highest BCUT2D eigenvalue weighted by atomic mass is 16.5. The van der Waals surface area contributed by atoms with Crippen LogP contribution in [-0.4, -0.2) is 16.6 Å². The summed E-state index contributed by atoms with van der Waals surface area (Å²) in [4.78, 5) is 8.97. The Bertz CT molecular complexity index is 895. The van der Waals surface area contributed by atoms with Crippen LogP contribution in [0.15, 0.2) is 60.9 Å². The first-order valence-corrected chi connectivity index (χ1v) is 9.86. The third kappa shape index (κ3) is 5.40. The van der Waals surface area contributed by atoms with Crippen molar-refractivity contribution in [1.82, 2.24) is 9.97 Å². The normalized spacial score (nSPS) is 10.4. The highest BCUT2D eigenvalue weighted by Gasteiger charge is 2.04. The van der Waals surface area contributed by atoms with Gasteiger partial charge in [-0.15, -0.1) is 0 Å². The van der Waals surface area contributed by atoms with E-state index >= 15 is 0 Å². The average Bonchev–Trinajstić information content (AvgIpc) is 2.77. The van der Waals surface area contributed by atoms with Gasteiger partial charge in [-0.2, -0.15) is 5.26 Å². The van der Waals surface area contributed by atoms with Crippen LogP contribution in [0.5, 0.6) is 5.75 Å². The van der Waals surface area contributed by atoms with E-state index in [1.807, 2.05) is 48.8 Å². The number of hydrogen-bond acceptors (Lipinski definition) is 4. The zero-order chi connectivity index (χ0) is 19.6. The molecule has 0 amide bonds. The van der Waals surface area contributed by atoms with Gasteiger partial charge in [0.05, 0.1) is 18.2 Å². The molecule has 0 aliphatic carbocycles. The molecule has 0 saturated carbocycles. The Morgan fingerprint density at radius 3 is 2.07 bits per heavy atom.